The Hall–Kier alpha value is -2.01. The van der Waals surface area contributed by atoms with Gasteiger partial charge < -0.3 is 0 Å². The van der Waals surface area contributed by atoms with Crippen molar-refractivity contribution in [1.29, 1.82) is 0 Å². The fraction of sp³-hybridized carbons (Fsp3) is 0.133. The number of rotatable bonds is 4. The van der Waals surface area contributed by atoms with Gasteiger partial charge in [0.2, 0.25) is 0 Å². The van der Waals surface area contributed by atoms with Gasteiger partial charge in [0.05, 0.1) is 4.92 Å². The average Bonchev–Trinajstić information content (AvgIpc) is 2.40. The number of nitro benzene ring substituents is 1. The number of nitrogens with zero attached hydrogens (tertiary/aromatic N) is 1. The minimum atomic E-state index is -0.483. The first-order valence-corrected chi connectivity index (χ1v) is 6.79. The van der Waals surface area contributed by atoms with Crippen molar-refractivity contribution in [3.63, 3.8) is 0 Å². The topological polar surface area (TPSA) is 60.2 Å². The lowest BCUT2D eigenvalue weighted by molar-refractivity contribution is -0.384. The molecule has 0 saturated heterocycles. The van der Waals surface area contributed by atoms with Crippen molar-refractivity contribution in [3.8, 4) is 0 Å². The van der Waals surface area contributed by atoms with E-state index >= 15 is 0 Å². The molecule has 2 rings (SSSR count). The molecule has 2 aromatic carbocycles. The third-order valence-electron chi connectivity index (χ3n) is 2.87. The highest BCUT2D eigenvalue weighted by atomic mass is 79.9. The van der Waals surface area contributed by atoms with Gasteiger partial charge in [-0.3, -0.25) is 14.9 Å². The van der Waals surface area contributed by atoms with E-state index in [0.29, 0.717) is 11.1 Å². The number of non-ortho nitro benzene ring substituents is 1. The van der Waals surface area contributed by atoms with Gasteiger partial charge in [0.1, 0.15) is 0 Å². The van der Waals surface area contributed by atoms with Gasteiger partial charge in [0.15, 0.2) is 5.78 Å². The molecule has 0 N–H and O–H groups in total. The molecule has 0 amide bonds. The Labute approximate surface area is 124 Å². The highest BCUT2D eigenvalue weighted by Gasteiger charge is 2.13. The minimum absolute atomic E-state index is 0.0517. The van der Waals surface area contributed by atoms with E-state index in [1.54, 1.807) is 13.0 Å². The maximum Gasteiger partial charge on any atom is 0.270 e. The number of nitro groups is 1. The molecule has 0 bridgehead atoms. The van der Waals surface area contributed by atoms with Crippen molar-refractivity contribution in [2.45, 2.75) is 13.3 Å². The van der Waals surface area contributed by atoms with Crippen LogP contribution in [0.2, 0.25) is 0 Å². The fourth-order valence-electron chi connectivity index (χ4n) is 1.92. The van der Waals surface area contributed by atoms with E-state index in [0.717, 1.165) is 10.0 Å². The first-order chi connectivity index (χ1) is 9.45. The molecule has 0 fully saturated rings. The van der Waals surface area contributed by atoms with E-state index in [-0.39, 0.29) is 17.9 Å². The second-order valence-corrected chi connectivity index (χ2v) is 5.46. The highest BCUT2D eigenvalue weighted by Crippen LogP contribution is 2.19. The predicted octanol–water partition coefficient (Wildman–Crippen LogP) is 4.09. The third-order valence-corrected chi connectivity index (χ3v) is 3.40. The van der Waals surface area contributed by atoms with Gasteiger partial charge in [-0.15, -0.1) is 0 Å². The smallest absolute Gasteiger partial charge is 0.270 e. The number of hydrogen-bond donors (Lipinski definition) is 0. The Bertz CT molecular complexity index is 665. The normalized spacial score (nSPS) is 10.3. The summed E-state index contributed by atoms with van der Waals surface area (Å²) in [5.41, 5.74) is 1.91. The summed E-state index contributed by atoms with van der Waals surface area (Å²) in [4.78, 5) is 22.5. The maximum atomic E-state index is 12.2. The van der Waals surface area contributed by atoms with Crippen LogP contribution in [0.5, 0.6) is 0 Å². The molecule has 0 saturated carbocycles. The summed E-state index contributed by atoms with van der Waals surface area (Å²) in [5, 5.41) is 10.8. The first-order valence-electron chi connectivity index (χ1n) is 5.99. The van der Waals surface area contributed by atoms with E-state index < -0.39 is 4.92 Å². The summed E-state index contributed by atoms with van der Waals surface area (Å²) in [5.74, 6) is -0.126. The van der Waals surface area contributed by atoms with E-state index in [2.05, 4.69) is 15.9 Å². The largest absolute Gasteiger partial charge is 0.294 e. The van der Waals surface area contributed by atoms with Crippen LogP contribution in [0.25, 0.3) is 0 Å². The van der Waals surface area contributed by atoms with E-state index in [9.17, 15) is 14.9 Å². The molecule has 20 heavy (non-hydrogen) atoms. The van der Waals surface area contributed by atoms with Crippen LogP contribution in [0.4, 0.5) is 5.69 Å². The molecule has 2 aromatic rings. The summed E-state index contributed by atoms with van der Waals surface area (Å²) < 4.78 is 0.944. The van der Waals surface area contributed by atoms with Crippen molar-refractivity contribution >= 4 is 27.4 Å². The number of carbonyl (C=O) groups excluding carboxylic acids is 1. The standard InChI is InChI=1S/C15H12BrNO3/c1-10-6-12(9-14(7-10)17(19)20)15(18)8-11-2-4-13(16)5-3-11/h2-7,9H,8H2,1H3. The zero-order valence-corrected chi connectivity index (χ0v) is 12.4. The summed E-state index contributed by atoms with van der Waals surface area (Å²) in [6.07, 6.45) is 0.230. The quantitative estimate of drug-likeness (QED) is 0.481. The molecular weight excluding hydrogens is 322 g/mol. The molecule has 0 heterocycles. The van der Waals surface area contributed by atoms with Crippen molar-refractivity contribution in [1.82, 2.24) is 0 Å². The first kappa shape index (κ1) is 14.4. The Morgan fingerprint density at radius 2 is 1.85 bits per heavy atom. The second kappa shape index (κ2) is 5.96. The van der Waals surface area contributed by atoms with Crippen LogP contribution in [-0.4, -0.2) is 10.7 Å². The van der Waals surface area contributed by atoms with Gasteiger partial charge in [-0.25, -0.2) is 0 Å². The summed E-state index contributed by atoms with van der Waals surface area (Å²) >= 11 is 3.33. The molecule has 0 aliphatic carbocycles. The molecule has 5 heteroatoms. The third kappa shape index (κ3) is 3.51. The van der Waals surface area contributed by atoms with Gasteiger partial charge >= 0.3 is 0 Å². The lowest BCUT2D eigenvalue weighted by Crippen LogP contribution is -2.04. The molecule has 0 aliphatic heterocycles. The van der Waals surface area contributed by atoms with Gasteiger partial charge in [0.25, 0.3) is 5.69 Å². The van der Waals surface area contributed by atoms with Crippen LogP contribution in [0, 0.1) is 17.0 Å². The molecule has 0 spiro atoms. The molecule has 0 radical (unpaired) electrons. The van der Waals surface area contributed by atoms with Crippen LogP contribution in [0.1, 0.15) is 21.5 Å². The highest BCUT2D eigenvalue weighted by molar-refractivity contribution is 9.10. The van der Waals surface area contributed by atoms with E-state index in [4.69, 9.17) is 0 Å². The zero-order valence-electron chi connectivity index (χ0n) is 10.8. The summed E-state index contributed by atoms with van der Waals surface area (Å²) in [6.45, 7) is 1.74. The number of halogens is 1. The predicted molar refractivity (Wildman–Crippen MR) is 80.0 cm³/mol. The Morgan fingerprint density at radius 1 is 1.20 bits per heavy atom. The Morgan fingerprint density at radius 3 is 2.45 bits per heavy atom. The van der Waals surface area contributed by atoms with Gasteiger partial charge in [-0.05, 0) is 36.2 Å². The van der Waals surface area contributed by atoms with Crippen molar-refractivity contribution in [2.24, 2.45) is 0 Å². The number of ketones is 1. The minimum Gasteiger partial charge on any atom is -0.294 e. The molecule has 4 nitrogen and oxygen atoms in total. The summed E-state index contributed by atoms with van der Waals surface area (Å²) in [7, 11) is 0. The number of hydrogen-bond acceptors (Lipinski definition) is 3. The number of carbonyl (C=O) groups is 1. The average molecular weight is 334 g/mol. The maximum absolute atomic E-state index is 12.2. The van der Waals surface area contributed by atoms with Crippen LogP contribution in [0.3, 0.4) is 0 Å². The molecule has 0 aliphatic rings. The zero-order chi connectivity index (χ0) is 14.7. The van der Waals surface area contributed by atoms with Crippen LogP contribution in [-0.2, 0) is 6.42 Å². The van der Waals surface area contributed by atoms with Crippen molar-refractivity contribution < 1.29 is 9.72 Å². The molecule has 0 atom stereocenters. The van der Waals surface area contributed by atoms with Gasteiger partial charge in [-0.1, -0.05) is 28.1 Å². The fourth-order valence-corrected chi connectivity index (χ4v) is 2.18. The Balaban J connectivity index is 2.25. The molecule has 102 valence electrons. The van der Waals surface area contributed by atoms with Crippen LogP contribution < -0.4 is 0 Å². The number of aryl methyl sites for hydroxylation is 1. The Kier molecular flexibility index (Phi) is 4.29. The SMILES string of the molecule is Cc1cc(C(=O)Cc2ccc(Br)cc2)cc([N+](=O)[O-])c1. The number of benzene rings is 2. The monoisotopic (exact) mass is 333 g/mol. The molecule has 0 unspecified atom stereocenters. The number of Topliss-reactive ketones (excluding diaryl/α,β-unsaturated/α-hetero) is 1. The van der Waals surface area contributed by atoms with E-state index in [1.165, 1.54) is 12.1 Å². The van der Waals surface area contributed by atoms with Gasteiger partial charge in [-0.2, -0.15) is 0 Å². The molecule has 0 aromatic heterocycles. The van der Waals surface area contributed by atoms with Crippen LogP contribution >= 0.6 is 15.9 Å². The van der Waals surface area contributed by atoms with Crippen molar-refractivity contribution in [3.05, 3.63) is 73.7 Å². The molecular formula is C15H12BrNO3. The second-order valence-electron chi connectivity index (χ2n) is 4.54. The van der Waals surface area contributed by atoms with Crippen molar-refractivity contribution in [2.75, 3.05) is 0 Å². The van der Waals surface area contributed by atoms with E-state index in [1.807, 2.05) is 24.3 Å². The summed E-state index contributed by atoms with van der Waals surface area (Å²) in [6, 6.07) is 11.9. The van der Waals surface area contributed by atoms with Crippen LogP contribution in [0.15, 0.2) is 46.9 Å². The lowest BCUT2D eigenvalue weighted by Gasteiger charge is -2.03. The lowest BCUT2D eigenvalue weighted by atomic mass is 10.0. The van der Waals surface area contributed by atoms with Gasteiger partial charge in [0, 0.05) is 28.6 Å².